The summed E-state index contributed by atoms with van der Waals surface area (Å²) in [6.45, 7) is 1.35. The van der Waals surface area contributed by atoms with Crippen LogP contribution in [0.5, 0.6) is 0 Å². The minimum absolute atomic E-state index is 0.0818. The van der Waals surface area contributed by atoms with Crippen LogP contribution in [0.2, 0.25) is 5.15 Å². The number of ketones is 1. The number of anilines is 2. The Kier molecular flexibility index (Phi) is 4.00. The molecule has 0 aliphatic rings. The first-order valence-corrected chi connectivity index (χ1v) is 6.19. The number of halogens is 1. The quantitative estimate of drug-likeness (QED) is 0.516. The van der Waals surface area contributed by atoms with Crippen molar-refractivity contribution in [3.05, 3.63) is 52.8 Å². The number of rotatable bonds is 3. The maximum atomic E-state index is 12.4. The lowest BCUT2D eigenvalue weighted by atomic mass is 10.1. The topological polar surface area (TPSA) is 85.1 Å². The Labute approximate surface area is 120 Å². The van der Waals surface area contributed by atoms with Gasteiger partial charge in [-0.05, 0) is 24.3 Å². The fourth-order valence-electron chi connectivity index (χ4n) is 1.72. The van der Waals surface area contributed by atoms with Crippen LogP contribution >= 0.6 is 11.6 Å². The van der Waals surface area contributed by atoms with Crippen molar-refractivity contribution < 1.29 is 9.59 Å². The van der Waals surface area contributed by atoms with Crippen LogP contribution in [0, 0.1) is 0 Å². The van der Waals surface area contributed by atoms with Gasteiger partial charge >= 0.3 is 0 Å². The van der Waals surface area contributed by atoms with Crippen LogP contribution < -0.4 is 11.1 Å². The highest BCUT2D eigenvalue weighted by Crippen LogP contribution is 2.21. The smallest absolute Gasteiger partial charge is 0.221 e. The summed E-state index contributed by atoms with van der Waals surface area (Å²) in [5.41, 5.74) is 6.90. The molecule has 1 amide bonds. The first-order chi connectivity index (χ1) is 9.47. The highest BCUT2D eigenvalue weighted by Gasteiger charge is 2.17. The highest BCUT2D eigenvalue weighted by molar-refractivity contribution is 6.30. The number of amides is 1. The van der Waals surface area contributed by atoms with Crippen molar-refractivity contribution in [2.45, 2.75) is 6.92 Å². The summed E-state index contributed by atoms with van der Waals surface area (Å²) >= 11 is 5.82. The lowest BCUT2D eigenvalue weighted by Crippen LogP contribution is -2.13. The fraction of sp³-hybridized carbons (Fsp3) is 0.0714. The average Bonchev–Trinajstić information content (AvgIpc) is 2.39. The molecule has 1 heterocycles. The van der Waals surface area contributed by atoms with Gasteiger partial charge in [-0.3, -0.25) is 9.59 Å². The molecule has 0 saturated heterocycles. The molecule has 3 N–H and O–H groups in total. The van der Waals surface area contributed by atoms with Crippen molar-refractivity contribution in [2.24, 2.45) is 0 Å². The Morgan fingerprint density at radius 3 is 2.65 bits per heavy atom. The molecule has 0 saturated carbocycles. The van der Waals surface area contributed by atoms with Crippen LogP contribution in [0.4, 0.5) is 11.4 Å². The Morgan fingerprint density at radius 2 is 2.00 bits per heavy atom. The molecule has 0 fully saturated rings. The minimum atomic E-state index is -0.358. The second-order valence-corrected chi connectivity index (χ2v) is 4.55. The lowest BCUT2D eigenvalue weighted by Gasteiger charge is -2.09. The molecule has 0 bridgehead atoms. The van der Waals surface area contributed by atoms with Crippen LogP contribution in [0.3, 0.4) is 0 Å². The summed E-state index contributed by atoms with van der Waals surface area (Å²) in [5, 5.41) is 2.73. The number of pyridine rings is 1. The van der Waals surface area contributed by atoms with E-state index in [4.69, 9.17) is 17.3 Å². The van der Waals surface area contributed by atoms with E-state index in [0.717, 1.165) is 0 Å². The molecule has 102 valence electrons. The zero-order valence-electron chi connectivity index (χ0n) is 10.7. The van der Waals surface area contributed by atoms with E-state index in [1.54, 1.807) is 24.3 Å². The number of nitrogens with zero attached hydrogens (tertiary/aromatic N) is 1. The number of hydrogen-bond donors (Lipinski definition) is 2. The lowest BCUT2D eigenvalue weighted by molar-refractivity contribution is -0.114. The van der Waals surface area contributed by atoms with Gasteiger partial charge in [0.25, 0.3) is 0 Å². The predicted octanol–water partition coefficient (Wildman–Crippen LogP) is 2.51. The van der Waals surface area contributed by atoms with Crippen molar-refractivity contribution in [3.8, 4) is 0 Å². The number of nitrogen functional groups attached to an aromatic ring is 1. The number of hydrogen-bond acceptors (Lipinski definition) is 4. The van der Waals surface area contributed by atoms with Crippen molar-refractivity contribution in [1.29, 1.82) is 0 Å². The third-order valence-corrected chi connectivity index (χ3v) is 2.75. The van der Waals surface area contributed by atoms with E-state index in [0.29, 0.717) is 16.9 Å². The monoisotopic (exact) mass is 289 g/mol. The normalized spacial score (nSPS) is 10.1. The maximum absolute atomic E-state index is 12.4. The molecule has 0 atom stereocenters. The van der Waals surface area contributed by atoms with Gasteiger partial charge in [0, 0.05) is 18.2 Å². The maximum Gasteiger partial charge on any atom is 0.221 e. The number of nitrogens with one attached hydrogen (secondary N) is 1. The highest BCUT2D eigenvalue weighted by atomic mass is 35.5. The predicted molar refractivity (Wildman–Crippen MR) is 77.8 cm³/mol. The van der Waals surface area contributed by atoms with E-state index in [1.165, 1.54) is 19.1 Å². The molecule has 0 radical (unpaired) electrons. The summed E-state index contributed by atoms with van der Waals surface area (Å²) in [5.74, 6) is -0.653. The second kappa shape index (κ2) is 5.71. The van der Waals surface area contributed by atoms with Crippen molar-refractivity contribution in [3.63, 3.8) is 0 Å². The van der Waals surface area contributed by atoms with E-state index >= 15 is 0 Å². The van der Waals surface area contributed by atoms with Gasteiger partial charge in [-0.1, -0.05) is 23.7 Å². The zero-order valence-corrected chi connectivity index (χ0v) is 11.4. The molecule has 6 heteroatoms. The van der Waals surface area contributed by atoms with Gasteiger partial charge in [0.2, 0.25) is 11.7 Å². The van der Waals surface area contributed by atoms with Gasteiger partial charge in [-0.2, -0.15) is 0 Å². The summed E-state index contributed by atoms with van der Waals surface area (Å²) in [6, 6.07) is 9.56. The van der Waals surface area contributed by atoms with Crippen molar-refractivity contribution >= 4 is 34.7 Å². The largest absolute Gasteiger partial charge is 0.399 e. The Bertz CT molecular complexity index is 686. The molecule has 0 unspecified atom stereocenters. The van der Waals surface area contributed by atoms with Crippen LogP contribution in [-0.2, 0) is 4.79 Å². The number of carbonyl (C=O) groups excluding carboxylic acids is 2. The molecule has 5 nitrogen and oxygen atoms in total. The van der Waals surface area contributed by atoms with Crippen molar-refractivity contribution in [1.82, 2.24) is 4.98 Å². The van der Waals surface area contributed by atoms with Crippen LogP contribution in [-0.4, -0.2) is 16.7 Å². The van der Waals surface area contributed by atoms with Crippen LogP contribution in [0.1, 0.15) is 23.0 Å². The molecule has 2 aromatic rings. The van der Waals surface area contributed by atoms with E-state index in [1.807, 2.05) is 0 Å². The zero-order chi connectivity index (χ0) is 14.7. The molecular formula is C14H12ClN3O2. The Hall–Kier alpha value is -2.40. The average molecular weight is 290 g/mol. The third kappa shape index (κ3) is 3.13. The minimum Gasteiger partial charge on any atom is -0.399 e. The van der Waals surface area contributed by atoms with Gasteiger partial charge in [0.15, 0.2) is 0 Å². The third-order valence-electron chi connectivity index (χ3n) is 2.54. The SMILES string of the molecule is CC(=O)Nc1ccc(Cl)nc1C(=O)c1cccc(N)c1. The molecule has 1 aromatic heterocycles. The van der Waals surface area contributed by atoms with E-state index in [-0.39, 0.29) is 22.5 Å². The molecule has 20 heavy (non-hydrogen) atoms. The van der Waals surface area contributed by atoms with Gasteiger partial charge < -0.3 is 11.1 Å². The molecule has 1 aromatic carbocycles. The second-order valence-electron chi connectivity index (χ2n) is 4.17. The molecule has 0 spiro atoms. The van der Waals surface area contributed by atoms with Crippen LogP contribution in [0.15, 0.2) is 36.4 Å². The van der Waals surface area contributed by atoms with Gasteiger partial charge in [-0.15, -0.1) is 0 Å². The van der Waals surface area contributed by atoms with Gasteiger partial charge in [0.05, 0.1) is 5.69 Å². The molecule has 2 rings (SSSR count). The van der Waals surface area contributed by atoms with Crippen molar-refractivity contribution in [2.75, 3.05) is 11.1 Å². The summed E-state index contributed by atoms with van der Waals surface area (Å²) in [7, 11) is 0. The summed E-state index contributed by atoms with van der Waals surface area (Å²) < 4.78 is 0. The Morgan fingerprint density at radius 1 is 1.25 bits per heavy atom. The van der Waals surface area contributed by atoms with E-state index in [2.05, 4.69) is 10.3 Å². The molecule has 0 aliphatic carbocycles. The molecular weight excluding hydrogens is 278 g/mol. The summed E-state index contributed by atoms with van der Waals surface area (Å²) in [6.07, 6.45) is 0. The van der Waals surface area contributed by atoms with Gasteiger partial charge in [-0.25, -0.2) is 4.98 Å². The van der Waals surface area contributed by atoms with E-state index < -0.39 is 0 Å². The first kappa shape index (κ1) is 14.0. The number of aromatic nitrogens is 1. The number of benzene rings is 1. The van der Waals surface area contributed by atoms with E-state index in [9.17, 15) is 9.59 Å². The summed E-state index contributed by atoms with van der Waals surface area (Å²) in [4.78, 5) is 27.6. The first-order valence-electron chi connectivity index (χ1n) is 5.82. The van der Waals surface area contributed by atoms with Gasteiger partial charge in [0.1, 0.15) is 10.8 Å². The number of carbonyl (C=O) groups is 2. The fourth-order valence-corrected chi connectivity index (χ4v) is 1.86. The number of nitrogens with two attached hydrogens (primary N) is 1. The molecule has 0 aliphatic heterocycles. The Balaban J connectivity index is 2.47. The van der Waals surface area contributed by atoms with Crippen LogP contribution in [0.25, 0.3) is 0 Å². The standard InChI is InChI=1S/C14H12ClN3O2/c1-8(19)17-11-5-6-12(15)18-13(11)14(20)9-3-2-4-10(16)7-9/h2-7H,16H2,1H3,(H,17,19).